The van der Waals surface area contributed by atoms with Crippen molar-refractivity contribution in [3.8, 4) is 0 Å². The maximum atomic E-state index is 4.82. The number of rotatable bonds is 4. The fourth-order valence-electron chi connectivity index (χ4n) is 0.346. The van der Waals surface area contributed by atoms with Crippen molar-refractivity contribution in [1.29, 1.82) is 0 Å². The molecule has 4 heteroatoms. The zero-order valence-electron chi connectivity index (χ0n) is 8.31. The van der Waals surface area contributed by atoms with Crippen molar-refractivity contribution < 1.29 is 8.85 Å². The number of hydrogen-bond acceptors (Lipinski definition) is 3. The van der Waals surface area contributed by atoms with Crippen molar-refractivity contribution in [3.05, 3.63) is 0 Å². The lowest BCUT2D eigenvalue weighted by atomic mass is 10.5. The molecule has 0 aliphatic rings. The fraction of sp³-hybridized carbons (Fsp3) is 1.00. The Labute approximate surface area is 71.9 Å². The van der Waals surface area contributed by atoms with Crippen LogP contribution >= 0.6 is 0 Å². The van der Waals surface area contributed by atoms with Crippen LogP contribution in [-0.4, -0.2) is 37.1 Å². The van der Waals surface area contributed by atoms with Crippen LogP contribution in [0.15, 0.2) is 0 Å². The predicted octanol–water partition coefficient (Wildman–Crippen LogP) is 0.745. The third-order valence-electron chi connectivity index (χ3n) is 1.16. The Hall–Kier alpha value is 0.0969. The van der Waals surface area contributed by atoms with Gasteiger partial charge in [-0.25, -0.2) is 0 Å². The summed E-state index contributed by atoms with van der Waals surface area (Å²) in [4.78, 5) is 0. The Morgan fingerprint density at radius 1 is 1.27 bits per heavy atom. The monoisotopic (exact) mass is 179 g/mol. The minimum Gasteiger partial charge on any atom is -0.400 e. The summed E-state index contributed by atoms with van der Waals surface area (Å²) in [5.41, 5.74) is 0. The topological polar surface area (TPSA) is 30.5 Å². The van der Waals surface area contributed by atoms with Crippen molar-refractivity contribution in [1.82, 2.24) is 5.32 Å². The van der Waals surface area contributed by atoms with Crippen LogP contribution in [0.2, 0.25) is 6.55 Å². The van der Waals surface area contributed by atoms with E-state index in [1.165, 1.54) is 6.42 Å². The van der Waals surface area contributed by atoms with E-state index in [2.05, 4.69) is 12.2 Å². The maximum absolute atomic E-state index is 4.82. The van der Waals surface area contributed by atoms with Gasteiger partial charge >= 0.3 is 9.28 Å². The quantitative estimate of drug-likeness (QED) is 0.646. The standard InChI is InChI=1S/C4H11N.C3H10O2Si/c1-3-4-5-2;1-4-6(3)5-2/h5H,3-4H2,1-2H3;6H,1-3H3. The van der Waals surface area contributed by atoms with Crippen LogP contribution in [0.5, 0.6) is 0 Å². The summed E-state index contributed by atoms with van der Waals surface area (Å²) in [7, 11) is 4.14. The van der Waals surface area contributed by atoms with Gasteiger partial charge in [-0.2, -0.15) is 0 Å². The smallest absolute Gasteiger partial charge is 0.317 e. The molecule has 0 aromatic carbocycles. The summed E-state index contributed by atoms with van der Waals surface area (Å²) in [6, 6.07) is 0. The Bertz CT molecular complexity index is 58.4. The Morgan fingerprint density at radius 2 is 1.73 bits per heavy atom. The number of nitrogens with one attached hydrogen (secondary N) is 1. The van der Waals surface area contributed by atoms with E-state index >= 15 is 0 Å². The van der Waals surface area contributed by atoms with E-state index in [4.69, 9.17) is 8.85 Å². The highest BCUT2D eigenvalue weighted by Crippen LogP contribution is 1.77. The second-order valence-corrected chi connectivity index (χ2v) is 4.22. The summed E-state index contributed by atoms with van der Waals surface area (Å²) in [5, 5.41) is 3.02. The van der Waals surface area contributed by atoms with E-state index < -0.39 is 9.28 Å². The summed E-state index contributed by atoms with van der Waals surface area (Å²) >= 11 is 0. The fourth-order valence-corrected chi connectivity index (χ4v) is 0.539. The lowest BCUT2D eigenvalue weighted by Crippen LogP contribution is -2.12. The normalized spacial score (nSPS) is 9.27. The van der Waals surface area contributed by atoms with Gasteiger partial charge in [0.2, 0.25) is 0 Å². The molecule has 0 saturated heterocycles. The molecule has 0 unspecified atom stereocenters. The Morgan fingerprint density at radius 3 is 1.73 bits per heavy atom. The number of hydrogen-bond donors (Lipinski definition) is 1. The SMILES string of the molecule is CCCNC.CO[SiH](C)OC. The molecule has 0 heterocycles. The van der Waals surface area contributed by atoms with E-state index in [9.17, 15) is 0 Å². The van der Waals surface area contributed by atoms with Crippen LogP contribution in [0, 0.1) is 0 Å². The minimum atomic E-state index is -1.16. The molecule has 1 N–H and O–H groups in total. The largest absolute Gasteiger partial charge is 0.400 e. The average molecular weight is 179 g/mol. The first-order chi connectivity index (χ1) is 5.22. The summed E-state index contributed by atoms with van der Waals surface area (Å²) in [5.74, 6) is 0. The molecular weight excluding hydrogens is 158 g/mol. The third kappa shape index (κ3) is 17.8. The molecule has 3 nitrogen and oxygen atoms in total. The average Bonchev–Trinajstić information content (AvgIpc) is 2.06. The molecule has 70 valence electrons. The molecule has 0 aliphatic carbocycles. The van der Waals surface area contributed by atoms with Gasteiger partial charge < -0.3 is 14.2 Å². The zero-order valence-corrected chi connectivity index (χ0v) is 9.46. The molecule has 0 spiro atoms. The molecule has 0 aliphatic heterocycles. The summed E-state index contributed by atoms with van der Waals surface area (Å²) in [6.45, 7) is 5.26. The van der Waals surface area contributed by atoms with Crippen molar-refractivity contribution in [2.75, 3.05) is 27.8 Å². The van der Waals surface area contributed by atoms with Gasteiger partial charge in [-0.05, 0) is 26.6 Å². The first-order valence-corrected chi connectivity index (χ1v) is 6.02. The molecule has 0 bridgehead atoms. The van der Waals surface area contributed by atoms with Crippen LogP contribution in [0.3, 0.4) is 0 Å². The highest BCUT2D eigenvalue weighted by Gasteiger charge is 1.94. The van der Waals surface area contributed by atoms with Crippen LogP contribution in [0.25, 0.3) is 0 Å². The molecule has 0 saturated carbocycles. The lowest BCUT2D eigenvalue weighted by molar-refractivity contribution is 0.285. The highest BCUT2D eigenvalue weighted by atomic mass is 28.3. The first kappa shape index (κ1) is 13.7. The molecule has 0 aromatic heterocycles. The van der Waals surface area contributed by atoms with Crippen LogP contribution in [0.1, 0.15) is 13.3 Å². The lowest BCUT2D eigenvalue weighted by Gasteiger charge is -2.00. The van der Waals surface area contributed by atoms with Crippen molar-refractivity contribution in [3.63, 3.8) is 0 Å². The van der Waals surface area contributed by atoms with Gasteiger partial charge in [0.15, 0.2) is 0 Å². The Balaban J connectivity index is 0. The third-order valence-corrected chi connectivity index (χ3v) is 2.49. The van der Waals surface area contributed by atoms with Gasteiger partial charge in [0, 0.05) is 14.2 Å². The summed E-state index contributed by atoms with van der Waals surface area (Å²) in [6.07, 6.45) is 1.23. The predicted molar refractivity (Wildman–Crippen MR) is 51.2 cm³/mol. The van der Waals surface area contributed by atoms with Crippen molar-refractivity contribution in [2.24, 2.45) is 0 Å². The minimum absolute atomic E-state index is 1.14. The second-order valence-electron chi connectivity index (χ2n) is 2.14. The van der Waals surface area contributed by atoms with Crippen LogP contribution in [-0.2, 0) is 8.85 Å². The van der Waals surface area contributed by atoms with Gasteiger partial charge in [-0.1, -0.05) is 6.92 Å². The molecule has 0 radical (unpaired) electrons. The highest BCUT2D eigenvalue weighted by molar-refractivity contribution is 6.42. The van der Waals surface area contributed by atoms with Gasteiger partial charge in [-0.3, -0.25) is 0 Å². The zero-order chi connectivity index (χ0) is 9.11. The van der Waals surface area contributed by atoms with E-state index in [1.54, 1.807) is 14.2 Å². The molecule has 0 aromatic rings. The van der Waals surface area contributed by atoms with Gasteiger partial charge in [0.1, 0.15) is 0 Å². The molecule has 11 heavy (non-hydrogen) atoms. The van der Waals surface area contributed by atoms with Gasteiger partial charge in [0.05, 0.1) is 0 Å². The summed E-state index contributed by atoms with van der Waals surface area (Å²) < 4.78 is 9.63. The molecule has 0 rings (SSSR count). The van der Waals surface area contributed by atoms with Crippen molar-refractivity contribution >= 4 is 9.28 Å². The van der Waals surface area contributed by atoms with E-state index in [1.807, 2.05) is 13.6 Å². The van der Waals surface area contributed by atoms with Gasteiger partial charge in [0.25, 0.3) is 0 Å². The van der Waals surface area contributed by atoms with E-state index in [-0.39, 0.29) is 0 Å². The molecule has 0 atom stereocenters. The maximum Gasteiger partial charge on any atom is 0.317 e. The van der Waals surface area contributed by atoms with E-state index in [0.717, 1.165) is 6.54 Å². The van der Waals surface area contributed by atoms with E-state index in [0.29, 0.717) is 0 Å². The van der Waals surface area contributed by atoms with Crippen molar-refractivity contribution in [2.45, 2.75) is 19.9 Å². The Kier molecular flexibility index (Phi) is 15.8. The van der Waals surface area contributed by atoms with Crippen LogP contribution < -0.4 is 5.32 Å². The molecule has 0 amide bonds. The first-order valence-electron chi connectivity index (χ1n) is 3.93. The molecular formula is C7H21NO2Si. The molecule has 0 fully saturated rings. The second kappa shape index (κ2) is 12.7. The van der Waals surface area contributed by atoms with Crippen LogP contribution in [0.4, 0.5) is 0 Å². The van der Waals surface area contributed by atoms with Gasteiger partial charge in [-0.15, -0.1) is 0 Å².